The lowest BCUT2D eigenvalue weighted by Gasteiger charge is -2.01. The summed E-state index contributed by atoms with van der Waals surface area (Å²) in [5.41, 5.74) is 1.44. The summed E-state index contributed by atoms with van der Waals surface area (Å²) in [7, 11) is 0. The molecule has 2 heterocycles. The van der Waals surface area contributed by atoms with Crippen LogP contribution in [0.25, 0.3) is 10.9 Å². The van der Waals surface area contributed by atoms with Crippen LogP contribution >= 0.6 is 0 Å². The van der Waals surface area contributed by atoms with Gasteiger partial charge in [0.1, 0.15) is 0 Å². The molecule has 0 radical (unpaired) electrons. The Bertz CT molecular complexity index is 746. The van der Waals surface area contributed by atoms with Crippen LogP contribution in [0.1, 0.15) is 17.3 Å². The Kier molecular flexibility index (Phi) is 3.08. The van der Waals surface area contributed by atoms with E-state index in [1.165, 1.54) is 0 Å². The molecule has 0 atom stereocenters. The van der Waals surface area contributed by atoms with Gasteiger partial charge in [0.25, 0.3) is 5.91 Å². The molecular formula is C13H13N5O2. The minimum absolute atomic E-state index is 0.211. The number of nitrogens with zero attached hydrogens (tertiary/aromatic N) is 2. The first kappa shape index (κ1) is 12.2. The molecule has 0 aliphatic heterocycles. The van der Waals surface area contributed by atoms with E-state index in [0.29, 0.717) is 12.2 Å². The number of ether oxygens (including phenoxy) is 1. The van der Waals surface area contributed by atoms with E-state index in [1.807, 2.05) is 25.3 Å². The number of aromatic nitrogens is 4. The van der Waals surface area contributed by atoms with Crippen LogP contribution < -0.4 is 10.1 Å². The fraction of sp³-hybridized carbons (Fsp3) is 0.154. The van der Waals surface area contributed by atoms with Crippen LogP contribution in [0.3, 0.4) is 0 Å². The first-order chi connectivity index (χ1) is 9.76. The molecule has 0 spiro atoms. The zero-order chi connectivity index (χ0) is 13.9. The zero-order valence-corrected chi connectivity index (χ0v) is 10.8. The van der Waals surface area contributed by atoms with Gasteiger partial charge in [0, 0.05) is 17.3 Å². The van der Waals surface area contributed by atoms with Crippen molar-refractivity contribution in [1.29, 1.82) is 0 Å². The van der Waals surface area contributed by atoms with Crippen molar-refractivity contribution in [3.8, 4) is 6.01 Å². The van der Waals surface area contributed by atoms with E-state index in [2.05, 4.69) is 25.5 Å². The standard InChI is InChI=1S/C13H13N5O2/c1-2-20-13-16-12(17-18-13)15-11(19)9-4-3-8-5-6-14-10(8)7-9/h3-7,14H,2H2,1H3,(H2,15,16,17,18,19). The maximum absolute atomic E-state index is 12.1. The van der Waals surface area contributed by atoms with E-state index in [0.717, 1.165) is 10.9 Å². The number of anilines is 1. The molecule has 3 N–H and O–H groups in total. The number of carbonyl (C=O) groups excluding carboxylic acids is 1. The molecule has 0 unspecified atom stereocenters. The van der Waals surface area contributed by atoms with E-state index in [9.17, 15) is 4.79 Å². The number of aromatic amines is 2. The zero-order valence-electron chi connectivity index (χ0n) is 10.8. The Balaban J connectivity index is 1.77. The third-order valence-corrected chi connectivity index (χ3v) is 2.79. The van der Waals surface area contributed by atoms with Gasteiger partial charge in [0.15, 0.2) is 0 Å². The van der Waals surface area contributed by atoms with Gasteiger partial charge < -0.3 is 9.72 Å². The van der Waals surface area contributed by atoms with Crippen molar-refractivity contribution in [2.45, 2.75) is 6.92 Å². The highest BCUT2D eigenvalue weighted by Gasteiger charge is 2.10. The largest absolute Gasteiger partial charge is 0.463 e. The number of rotatable bonds is 4. The predicted molar refractivity (Wildman–Crippen MR) is 73.8 cm³/mol. The molecule has 0 saturated heterocycles. The Morgan fingerprint density at radius 3 is 3.15 bits per heavy atom. The molecule has 102 valence electrons. The highest BCUT2D eigenvalue weighted by atomic mass is 16.5. The van der Waals surface area contributed by atoms with Crippen molar-refractivity contribution in [2.75, 3.05) is 11.9 Å². The Hall–Kier alpha value is -2.83. The quantitative estimate of drug-likeness (QED) is 0.675. The highest BCUT2D eigenvalue weighted by molar-refractivity contribution is 6.05. The first-order valence-corrected chi connectivity index (χ1v) is 6.20. The van der Waals surface area contributed by atoms with Crippen LogP contribution in [0.2, 0.25) is 0 Å². The van der Waals surface area contributed by atoms with Crippen LogP contribution in [-0.2, 0) is 0 Å². The number of H-pyrrole nitrogens is 2. The summed E-state index contributed by atoms with van der Waals surface area (Å²) in [6.07, 6.45) is 1.83. The fourth-order valence-electron chi connectivity index (χ4n) is 1.86. The topological polar surface area (TPSA) is 95.7 Å². The summed E-state index contributed by atoms with van der Waals surface area (Å²) in [5, 5.41) is 10.1. The van der Waals surface area contributed by atoms with Gasteiger partial charge in [-0.05, 0) is 30.5 Å². The third-order valence-electron chi connectivity index (χ3n) is 2.79. The van der Waals surface area contributed by atoms with Gasteiger partial charge in [-0.1, -0.05) is 6.07 Å². The predicted octanol–water partition coefficient (Wildman–Crippen LogP) is 1.94. The second-order valence-electron chi connectivity index (χ2n) is 4.13. The lowest BCUT2D eigenvalue weighted by molar-refractivity contribution is 0.102. The third kappa shape index (κ3) is 2.33. The smallest absolute Gasteiger partial charge is 0.337 e. The summed E-state index contributed by atoms with van der Waals surface area (Å²) in [6.45, 7) is 2.30. The molecule has 0 saturated carbocycles. The molecule has 0 bridgehead atoms. The number of fused-ring (bicyclic) bond motifs is 1. The van der Waals surface area contributed by atoms with Crippen molar-refractivity contribution in [3.63, 3.8) is 0 Å². The molecule has 20 heavy (non-hydrogen) atoms. The van der Waals surface area contributed by atoms with Gasteiger partial charge in [-0.15, -0.1) is 5.10 Å². The molecule has 3 rings (SSSR count). The highest BCUT2D eigenvalue weighted by Crippen LogP contribution is 2.15. The molecule has 7 nitrogen and oxygen atoms in total. The van der Waals surface area contributed by atoms with Crippen LogP contribution in [-0.4, -0.2) is 32.7 Å². The molecule has 7 heteroatoms. The van der Waals surface area contributed by atoms with Crippen LogP contribution in [0.15, 0.2) is 30.5 Å². The van der Waals surface area contributed by atoms with Gasteiger partial charge in [-0.3, -0.25) is 10.1 Å². The maximum Gasteiger partial charge on any atom is 0.337 e. The van der Waals surface area contributed by atoms with Gasteiger partial charge in [-0.25, -0.2) is 5.10 Å². The average molecular weight is 271 g/mol. The number of hydrogen-bond donors (Lipinski definition) is 3. The van der Waals surface area contributed by atoms with Gasteiger partial charge in [0.2, 0.25) is 5.95 Å². The second kappa shape index (κ2) is 5.04. The summed E-state index contributed by atoms with van der Waals surface area (Å²) in [6, 6.07) is 7.58. The van der Waals surface area contributed by atoms with E-state index >= 15 is 0 Å². The normalized spacial score (nSPS) is 10.7. The van der Waals surface area contributed by atoms with Crippen LogP contribution in [0.4, 0.5) is 5.95 Å². The van der Waals surface area contributed by atoms with E-state index < -0.39 is 0 Å². The van der Waals surface area contributed by atoms with Gasteiger partial charge in [0.05, 0.1) is 6.61 Å². The minimum atomic E-state index is -0.263. The van der Waals surface area contributed by atoms with Crippen molar-refractivity contribution >= 4 is 22.8 Å². The van der Waals surface area contributed by atoms with Gasteiger partial charge >= 0.3 is 6.01 Å². The lowest BCUT2D eigenvalue weighted by atomic mass is 10.1. The summed E-state index contributed by atoms with van der Waals surface area (Å²) in [4.78, 5) is 19.1. The van der Waals surface area contributed by atoms with Crippen molar-refractivity contribution in [2.24, 2.45) is 0 Å². The average Bonchev–Trinajstić information content (AvgIpc) is 3.07. The van der Waals surface area contributed by atoms with Crippen molar-refractivity contribution in [1.82, 2.24) is 20.2 Å². The SMILES string of the molecule is CCOc1n[nH]c(NC(=O)c2ccc3cc[nH]c3c2)n1. The molecule has 1 aromatic carbocycles. The molecule has 0 aliphatic rings. The summed E-state index contributed by atoms with van der Waals surface area (Å²) < 4.78 is 5.11. The van der Waals surface area contributed by atoms with Gasteiger partial charge in [-0.2, -0.15) is 4.98 Å². The summed E-state index contributed by atoms with van der Waals surface area (Å²) >= 11 is 0. The second-order valence-corrected chi connectivity index (χ2v) is 4.13. The molecule has 0 fully saturated rings. The fourth-order valence-corrected chi connectivity index (χ4v) is 1.86. The molecule has 3 aromatic rings. The first-order valence-electron chi connectivity index (χ1n) is 6.20. The number of benzene rings is 1. The van der Waals surface area contributed by atoms with E-state index in [-0.39, 0.29) is 17.9 Å². The van der Waals surface area contributed by atoms with Crippen LogP contribution in [0.5, 0.6) is 6.01 Å². The molecule has 0 aliphatic carbocycles. The van der Waals surface area contributed by atoms with Crippen LogP contribution in [0, 0.1) is 0 Å². The minimum Gasteiger partial charge on any atom is -0.463 e. The van der Waals surface area contributed by atoms with E-state index in [1.54, 1.807) is 12.1 Å². The Morgan fingerprint density at radius 2 is 2.30 bits per heavy atom. The number of hydrogen-bond acceptors (Lipinski definition) is 4. The number of carbonyl (C=O) groups is 1. The summed E-state index contributed by atoms with van der Waals surface area (Å²) in [5.74, 6) is -0.00858. The monoisotopic (exact) mass is 271 g/mol. The Morgan fingerprint density at radius 1 is 1.40 bits per heavy atom. The molecular weight excluding hydrogens is 258 g/mol. The van der Waals surface area contributed by atoms with E-state index in [4.69, 9.17) is 4.74 Å². The number of amides is 1. The lowest BCUT2D eigenvalue weighted by Crippen LogP contribution is -2.12. The molecule has 1 amide bonds. The number of nitrogens with one attached hydrogen (secondary N) is 3. The van der Waals surface area contributed by atoms with Crippen molar-refractivity contribution in [3.05, 3.63) is 36.0 Å². The maximum atomic E-state index is 12.1. The van der Waals surface area contributed by atoms with Crippen molar-refractivity contribution < 1.29 is 9.53 Å². The molecule has 2 aromatic heterocycles. The Labute approximate surface area is 114 Å².